The van der Waals surface area contributed by atoms with E-state index in [1.54, 1.807) is 37.5 Å². The Kier molecular flexibility index (Phi) is 7.45. The molecule has 28 heavy (non-hydrogen) atoms. The van der Waals surface area contributed by atoms with Gasteiger partial charge in [0.15, 0.2) is 11.5 Å². The average Bonchev–Trinajstić information content (AvgIpc) is 2.71. The van der Waals surface area contributed by atoms with Crippen LogP contribution in [0.3, 0.4) is 0 Å². The van der Waals surface area contributed by atoms with Gasteiger partial charge in [-0.2, -0.15) is 0 Å². The first-order chi connectivity index (χ1) is 13.5. The molecule has 0 fully saturated rings. The lowest BCUT2D eigenvalue weighted by Crippen LogP contribution is -2.05. The van der Waals surface area contributed by atoms with E-state index in [4.69, 9.17) is 23.7 Å². The van der Waals surface area contributed by atoms with Crippen LogP contribution in [0.2, 0.25) is 0 Å². The van der Waals surface area contributed by atoms with Crippen LogP contribution in [-0.2, 0) is 20.9 Å². The molecule has 0 aliphatic rings. The molecule has 0 aliphatic heterocycles. The first-order valence-corrected chi connectivity index (χ1v) is 8.39. The number of hydrogen-bond donors (Lipinski definition) is 0. The number of hydrogen-bond acceptors (Lipinski definition) is 7. The van der Waals surface area contributed by atoms with Crippen LogP contribution in [0.5, 0.6) is 23.0 Å². The van der Waals surface area contributed by atoms with Crippen LogP contribution in [0.25, 0.3) is 6.08 Å². The molecule has 2 aromatic rings. The molecule has 0 N–H and O–H groups in total. The molecule has 0 atom stereocenters. The Labute approximate surface area is 163 Å². The Bertz CT molecular complexity index is 829. The maximum Gasteiger partial charge on any atom is 0.331 e. The van der Waals surface area contributed by atoms with E-state index >= 15 is 0 Å². The number of ether oxygens (including phenoxy) is 5. The van der Waals surface area contributed by atoms with Crippen LogP contribution in [0.15, 0.2) is 42.5 Å². The molecule has 0 radical (unpaired) electrons. The summed E-state index contributed by atoms with van der Waals surface area (Å²) >= 11 is 0. The first kappa shape index (κ1) is 20.8. The summed E-state index contributed by atoms with van der Waals surface area (Å²) < 4.78 is 25.9. The third kappa shape index (κ3) is 5.77. The lowest BCUT2D eigenvalue weighted by atomic mass is 10.1. The smallest absolute Gasteiger partial charge is 0.331 e. The Morgan fingerprint density at radius 2 is 1.54 bits per heavy atom. The molecular weight excluding hydrogens is 364 g/mol. The van der Waals surface area contributed by atoms with Crippen molar-refractivity contribution in [2.45, 2.75) is 13.5 Å². The van der Waals surface area contributed by atoms with E-state index in [9.17, 15) is 9.59 Å². The van der Waals surface area contributed by atoms with Crippen molar-refractivity contribution in [3.05, 3.63) is 53.6 Å². The Morgan fingerprint density at radius 3 is 2.04 bits per heavy atom. The van der Waals surface area contributed by atoms with Crippen LogP contribution in [0.1, 0.15) is 18.1 Å². The number of benzene rings is 2. The van der Waals surface area contributed by atoms with E-state index < -0.39 is 11.9 Å². The maximum atomic E-state index is 12.0. The normalized spacial score (nSPS) is 10.4. The summed E-state index contributed by atoms with van der Waals surface area (Å²) in [5.74, 6) is 0.521. The molecule has 7 heteroatoms. The highest BCUT2D eigenvalue weighted by atomic mass is 16.6. The summed E-state index contributed by atoms with van der Waals surface area (Å²) in [7, 11) is 4.47. The fourth-order valence-corrected chi connectivity index (χ4v) is 2.33. The molecule has 0 aliphatic carbocycles. The van der Waals surface area contributed by atoms with Crippen LogP contribution >= 0.6 is 0 Å². The Hall–Kier alpha value is -3.48. The van der Waals surface area contributed by atoms with E-state index in [2.05, 4.69) is 0 Å². The fourth-order valence-electron chi connectivity index (χ4n) is 2.33. The summed E-state index contributed by atoms with van der Waals surface area (Å²) in [6.07, 6.45) is 2.85. The van der Waals surface area contributed by atoms with Crippen molar-refractivity contribution in [2.24, 2.45) is 0 Å². The van der Waals surface area contributed by atoms with E-state index in [0.717, 1.165) is 11.3 Å². The highest BCUT2D eigenvalue weighted by Gasteiger charge is 2.15. The molecule has 0 saturated heterocycles. The van der Waals surface area contributed by atoms with Gasteiger partial charge in [0.1, 0.15) is 12.4 Å². The molecule has 0 spiro atoms. The molecule has 2 rings (SSSR count). The van der Waals surface area contributed by atoms with E-state index in [1.807, 2.05) is 12.1 Å². The van der Waals surface area contributed by atoms with E-state index in [-0.39, 0.29) is 12.4 Å². The maximum absolute atomic E-state index is 12.0. The number of esters is 2. The SMILES string of the molecule is COc1ccc(COC(=O)/C=C/c2cc(OC)c(OC(C)=O)c(OC)c2)cc1. The second-order valence-corrected chi connectivity index (χ2v) is 5.64. The topological polar surface area (TPSA) is 80.3 Å². The predicted molar refractivity (Wildman–Crippen MR) is 103 cm³/mol. The highest BCUT2D eigenvalue weighted by Crippen LogP contribution is 2.39. The number of rotatable bonds is 8. The number of carbonyl (C=O) groups is 2. The van der Waals surface area contributed by atoms with Crippen molar-refractivity contribution in [1.29, 1.82) is 0 Å². The molecule has 7 nitrogen and oxygen atoms in total. The molecule has 0 amide bonds. The third-order valence-corrected chi connectivity index (χ3v) is 3.68. The predicted octanol–water partition coefficient (Wildman–Crippen LogP) is 3.39. The van der Waals surface area contributed by atoms with Gasteiger partial charge in [-0.3, -0.25) is 4.79 Å². The van der Waals surface area contributed by atoms with Crippen molar-refractivity contribution in [3.63, 3.8) is 0 Å². The largest absolute Gasteiger partial charge is 0.497 e. The van der Waals surface area contributed by atoms with E-state index in [0.29, 0.717) is 17.1 Å². The minimum atomic E-state index is -0.502. The second-order valence-electron chi connectivity index (χ2n) is 5.64. The zero-order valence-corrected chi connectivity index (χ0v) is 16.2. The van der Waals surface area contributed by atoms with Crippen LogP contribution in [0.4, 0.5) is 0 Å². The average molecular weight is 386 g/mol. The first-order valence-electron chi connectivity index (χ1n) is 8.39. The lowest BCUT2D eigenvalue weighted by molar-refractivity contribution is -0.139. The quantitative estimate of drug-likeness (QED) is 0.391. The van der Waals surface area contributed by atoms with Gasteiger partial charge in [-0.05, 0) is 41.5 Å². The van der Waals surface area contributed by atoms with Crippen molar-refractivity contribution in [2.75, 3.05) is 21.3 Å². The van der Waals surface area contributed by atoms with E-state index in [1.165, 1.54) is 27.2 Å². The van der Waals surface area contributed by atoms with Crippen LogP contribution in [0, 0.1) is 0 Å². The van der Waals surface area contributed by atoms with Gasteiger partial charge in [-0.15, -0.1) is 0 Å². The summed E-state index contributed by atoms with van der Waals surface area (Å²) in [6, 6.07) is 10.5. The summed E-state index contributed by atoms with van der Waals surface area (Å²) in [5, 5.41) is 0. The molecule has 0 aromatic heterocycles. The summed E-state index contributed by atoms with van der Waals surface area (Å²) in [6.45, 7) is 1.43. The molecule has 0 unspecified atom stereocenters. The zero-order chi connectivity index (χ0) is 20.5. The molecule has 0 heterocycles. The van der Waals surface area contributed by atoms with Gasteiger partial charge < -0.3 is 23.7 Å². The highest BCUT2D eigenvalue weighted by molar-refractivity contribution is 5.87. The van der Waals surface area contributed by atoms with Gasteiger partial charge in [0.25, 0.3) is 0 Å². The standard InChI is InChI=1S/C21H22O7/c1-14(22)28-21-18(25-3)11-16(12-19(21)26-4)7-10-20(23)27-13-15-5-8-17(24-2)9-6-15/h5-12H,13H2,1-4H3/b10-7+. The molecular formula is C21H22O7. The van der Waals surface area contributed by atoms with Crippen LogP contribution in [-0.4, -0.2) is 33.3 Å². The minimum Gasteiger partial charge on any atom is -0.497 e. The van der Waals surface area contributed by atoms with Crippen LogP contribution < -0.4 is 18.9 Å². The third-order valence-electron chi connectivity index (χ3n) is 3.68. The number of methoxy groups -OCH3 is 3. The molecule has 0 bridgehead atoms. The van der Waals surface area contributed by atoms with Gasteiger partial charge in [0.05, 0.1) is 21.3 Å². The van der Waals surface area contributed by atoms with Crippen molar-refractivity contribution in [1.82, 2.24) is 0 Å². The van der Waals surface area contributed by atoms with Gasteiger partial charge in [0.2, 0.25) is 5.75 Å². The second kappa shape index (κ2) is 10.0. The fraction of sp³-hybridized carbons (Fsp3) is 0.238. The van der Waals surface area contributed by atoms with Crippen molar-refractivity contribution >= 4 is 18.0 Å². The minimum absolute atomic E-state index is 0.144. The van der Waals surface area contributed by atoms with Gasteiger partial charge >= 0.3 is 11.9 Å². The van der Waals surface area contributed by atoms with Crippen molar-refractivity contribution in [3.8, 4) is 23.0 Å². The zero-order valence-electron chi connectivity index (χ0n) is 16.2. The Balaban J connectivity index is 2.07. The van der Waals surface area contributed by atoms with Gasteiger partial charge in [-0.25, -0.2) is 4.79 Å². The van der Waals surface area contributed by atoms with Crippen molar-refractivity contribution < 1.29 is 33.3 Å². The molecule has 2 aromatic carbocycles. The van der Waals surface area contributed by atoms with Gasteiger partial charge in [-0.1, -0.05) is 12.1 Å². The summed E-state index contributed by atoms with van der Waals surface area (Å²) in [4.78, 5) is 23.2. The Morgan fingerprint density at radius 1 is 0.929 bits per heavy atom. The lowest BCUT2D eigenvalue weighted by Gasteiger charge is -2.13. The summed E-state index contributed by atoms with van der Waals surface area (Å²) in [5.41, 5.74) is 1.46. The number of carbonyl (C=O) groups excluding carboxylic acids is 2. The van der Waals surface area contributed by atoms with Gasteiger partial charge in [0, 0.05) is 13.0 Å². The monoisotopic (exact) mass is 386 g/mol. The molecule has 0 saturated carbocycles. The molecule has 148 valence electrons.